The molecule has 0 aliphatic heterocycles. The maximum atomic E-state index is 5.22. The van der Waals surface area contributed by atoms with E-state index >= 15 is 0 Å². The molecule has 0 spiro atoms. The highest BCUT2D eigenvalue weighted by Gasteiger charge is 2.03. The highest BCUT2D eigenvalue weighted by molar-refractivity contribution is 9.10. The van der Waals surface area contributed by atoms with Crippen LogP contribution in [0.4, 0.5) is 5.69 Å². The second kappa shape index (κ2) is 5.23. The molecule has 2 aromatic rings. The molecule has 88 valence electrons. The van der Waals surface area contributed by atoms with Crippen molar-refractivity contribution >= 4 is 21.6 Å². The number of methoxy groups -OCH3 is 1. The summed E-state index contributed by atoms with van der Waals surface area (Å²) < 4.78 is 6.19. The van der Waals surface area contributed by atoms with Crippen molar-refractivity contribution < 1.29 is 4.74 Å². The van der Waals surface area contributed by atoms with Crippen molar-refractivity contribution in [3.8, 4) is 16.9 Å². The monoisotopic (exact) mass is 291 g/mol. The molecule has 0 radical (unpaired) electrons. The van der Waals surface area contributed by atoms with E-state index in [0.717, 1.165) is 21.5 Å². The predicted molar refractivity (Wildman–Crippen MR) is 75.7 cm³/mol. The van der Waals surface area contributed by atoms with E-state index in [1.165, 1.54) is 5.56 Å². The van der Waals surface area contributed by atoms with Gasteiger partial charge in [-0.15, -0.1) is 0 Å². The largest absolute Gasteiger partial charge is 0.496 e. The van der Waals surface area contributed by atoms with Gasteiger partial charge in [-0.2, -0.15) is 0 Å². The zero-order valence-electron chi connectivity index (χ0n) is 9.83. The van der Waals surface area contributed by atoms with Crippen LogP contribution >= 0.6 is 15.9 Å². The Labute approximate surface area is 110 Å². The Hall–Kier alpha value is -1.48. The molecule has 0 aliphatic rings. The van der Waals surface area contributed by atoms with Crippen LogP contribution in [0.1, 0.15) is 0 Å². The lowest BCUT2D eigenvalue weighted by Gasteiger charge is -2.08. The van der Waals surface area contributed by atoms with Crippen molar-refractivity contribution in [2.75, 3.05) is 19.5 Å². The molecule has 0 aromatic heterocycles. The molecule has 17 heavy (non-hydrogen) atoms. The molecule has 0 saturated heterocycles. The van der Waals surface area contributed by atoms with Gasteiger partial charge in [-0.05, 0) is 51.3 Å². The molecule has 2 aromatic carbocycles. The van der Waals surface area contributed by atoms with E-state index in [1.54, 1.807) is 7.11 Å². The van der Waals surface area contributed by atoms with Crippen LogP contribution in [0.5, 0.6) is 5.75 Å². The summed E-state index contributed by atoms with van der Waals surface area (Å²) in [6.45, 7) is 0. The highest BCUT2D eigenvalue weighted by Crippen LogP contribution is 2.31. The van der Waals surface area contributed by atoms with Gasteiger partial charge in [-0.1, -0.05) is 18.2 Å². The summed E-state index contributed by atoms with van der Waals surface area (Å²) in [7, 11) is 3.59. The van der Waals surface area contributed by atoms with Gasteiger partial charge >= 0.3 is 0 Å². The number of anilines is 1. The average molecular weight is 292 g/mol. The number of halogens is 1. The third kappa shape index (κ3) is 2.61. The lowest BCUT2D eigenvalue weighted by molar-refractivity contribution is 0.412. The topological polar surface area (TPSA) is 21.3 Å². The summed E-state index contributed by atoms with van der Waals surface area (Å²) in [5, 5.41) is 3.14. The predicted octanol–water partition coefficient (Wildman–Crippen LogP) is 4.17. The van der Waals surface area contributed by atoms with Gasteiger partial charge in [0.15, 0.2) is 0 Å². The quantitative estimate of drug-likeness (QED) is 0.917. The molecule has 0 bridgehead atoms. The first kappa shape index (κ1) is 12.0. The number of hydrogen-bond donors (Lipinski definition) is 1. The van der Waals surface area contributed by atoms with Crippen molar-refractivity contribution in [1.82, 2.24) is 0 Å². The molecule has 0 amide bonds. The van der Waals surface area contributed by atoms with Crippen LogP contribution < -0.4 is 10.1 Å². The second-order valence-corrected chi connectivity index (χ2v) is 4.53. The molecule has 3 heteroatoms. The minimum Gasteiger partial charge on any atom is -0.496 e. The summed E-state index contributed by atoms with van der Waals surface area (Å²) in [6, 6.07) is 14.4. The molecular weight excluding hydrogens is 278 g/mol. The van der Waals surface area contributed by atoms with E-state index < -0.39 is 0 Å². The Bertz CT molecular complexity index is 525. The van der Waals surface area contributed by atoms with Gasteiger partial charge in [0, 0.05) is 12.7 Å². The van der Waals surface area contributed by atoms with Crippen molar-refractivity contribution in [3.63, 3.8) is 0 Å². The maximum Gasteiger partial charge on any atom is 0.133 e. The van der Waals surface area contributed by atoms with Crippen molar-refractivity contribution in [1.29, 1.82) is 0 Å². The number of rotatable bonds is 3. The molecule has 0 saturated carbocycles. The van der Waals surface area contributed by atoms with Crippen molar-refractivity contribution in [3.05, 3.63) is 46.9 Å². The van der Waals surface area contributed by atoms with E-state index in [9.17, 15) is 0 Å². The lowest BCUT2D eigenvalue weighted by atomic mass is 10.1. The first-order valence-electron chi connectivity index (χ1n) is 5.36. The minimum atomic E-state index is 0.846. The van der Waals surface area contributed by atoms with Gasteiger partial charge in [-0.25, -0.2) is 0 Å². The van der Waals surface area contributed by atoms with Gasteiger partial charge in [0.05, 0.1) is 11.6 Å². The lowest BCUT2D eigenvalue weighted by Crippen LogP contribution is -1.88. The summed E-state index contributed by atoms with van der Waals surface area (Å²) in [5.41, 5.74) is 3.45. The van der Waals surface area contributed by atoms with E-state index in [1.807, 2.05) is 25.2 Å². The molecule has 2 rings (SSSR count). The SMILES string of the molecule is CNc1cccc(-c2ccc(OC)c(Br)c2)c1. The van der Waals surface area contributed by atoms with E-state index in [2.05, 4.69) is 45.5 Å². The Kier molecular flexibility index (Phi) is 3.69. The summed E-state index contributed by atoms with van der Waals surface area (Å²) in [6.07, 6.45) is 0. The highest BCUT2D eigenvalue weighted by atomic mass is 79.9. The van der Waals surface area contributed by atoms with Crippen LogP contribution in [0.3, 0.4) is 0 Å². The summed E-state index contributed by atoms with van der Waals surface area (Å²) in [5.74, 6) is 0.846. The van der Waals surface area contributed by atoms with Crippen LogP contribution in [0.15, 0.2) is 46.9 Å². The van der Waals surface area contributed by atoms with E-state index in [-0.39, 0.29) is 0 Å². The molecule has 0 heterocycles. The molecular formula is C14H14BrNO. The van der Waals surface area contributed by atoms with Gasteiger partial charge in [0.25, 0.3) is 0 Å². The third-order valence-electron chi connectivity index (χ3n) is 2.64. The minimum absolute atomic E-state index is 0.846. The van der Waals surface area contributed by atoms with Gasteiger partial charge in [-0.3, -0.25) is 0 Å². The van der Waals surface area contributed by atoms with E-state index in [4.69, 9.17) is 4.74 Å². The Morgan fingerprint density at radius 1 is 1.06 bits per heavy atom. The Morgan fingerprint density at radius 2 is 1.82 bits per heavy atom. The first-order chi connectivity index (χ1) is 8.24. The molecule has 0 fully saturated rings. The van der Waals surface area contributed by atoms with Gasteiger partial charge in [0.2, 0.25) is 0 Å². The molecule has 1 N–H and O–H groups in total. The van der Waals surface area contributed by atoms with Crippen LogP contribution in [-0.2, 0) is 0 Å². The van der Waals surface area contributed by atoms with E-state index in [0.29, 0.717) is 0 Å². The Morgan fingerprint density at radius 3 is 2.47 bits per heavy atom. The fourth-order valence-electron chi connectivity index (χ4n) is 1.70. The van der Waals surface area contributed by atoms with Crippen LogP contribution in [0.25, 0.3) is 11.1 Å². The first-order valence-corrected chi connectivity index (χ1v) is 6.15. The van der Waals surface area contributed by atoms with Crippen molar-refractivity contribution in [2.45, 2.75) is 0 Å². The molecule has 0 unspecified atom stereocenters. The summed E-state index contributed by atoms with van der Waals surface area (Å²) >= 11 is 3.50. The van der Waals surface area contributed by atoms with Gasteiger partial charge in [0.1, 0.15) is 5.75 Å². The van der Waals surface area contributed by atoms with Gasteiger partial charge < -0.3 is 10.1 Å². The van der Waals surface area contributed by atoms with Crippen molar-refractivity contribution in [2.24, 2.45) is 0 Å². The smallest absolute Gasteiger partial charge is 0.133 e. The molecule has 2 nitrogen and oxygen atoms in total. The fourth-order valence-corrected chi connectivity index (χ4v) is 2.24. The standard InChI is InChI=1S/C14H14BrNO/c1-16-12-5-3-4-10(8-12)11-6-7-14(17-2)13(15)9-11/h3-9,16H,1-2H3. The number of benzene rings is 2. The average Bonchev–Trinajstić information content (AvgIpc) is 2.38. The second-order valence-electron chi connectivity index (χ2n) is 3.68. The molecule has 0 aliphatic carbocycles. The fraction of sp³-hybridized carbons (Fsp3) is 0.143. The number of nitrogens with one attached hydrogen (secondary N) is 1. The van der Waals surface area contributed by atoms with Crippen LogP contribution in [0.2, 0.25) is 0 Å². The van der Waals surface area contributed by atoms with Crippen LogP contribution in [-0.4, -0.2) is 14.2 Å². The third-order valence-corrected chi connectivity index (χ3v) is 3.26. The molecule has 0 atom stereocenters. The summed E-state index contributed by atoms with van der Waals surface area (Å²) in [4.78, 5) is 0. The maximum absolute atomic E-state index is 5.22. The zero-order chi connectivity index (χ0) is 12.3. The Balaban J connectivity index is 2.42. The normalized spacial score (nSPS) is 10.1. The number of hydrogen-bond acceptors (Lipinski definition) is 2. The van der Waals surface area contributed by atoms with Crippen LogP contribution in [0, 0.1) is 0 Å². The number of ether oxygens (including phenoxy) is 1. The zero-order valence-corrected chi connectivity index (χ0v) is 11.4.